The van der Waals surface area contributed by atoms with Gasteiger partial charge in [0.2, 0.25) is 0 Å². The average Bonchev–Trinajstić information content (AvgIpc) is 2.73. The maximum absolute atomic E-state index is 6.11. The van der Waals surface area contributed by atoms with Crippen LogP contribution in [0.3, 0.4) is 0 Å². The highest BCUT2D eigenvalue weighted by Crippen LogP contribution is 2.45. The Morgan fingerprint density at radius 2 is 1.15 bits per heavy atom. The topological polar surface area (TPSA) is 27.7 Å². The van der Waals surface area contributed by atoms with Crippen LogP contribution in [0.2, 0.25) is 0 Å². The zero-order valence-electron chi connectivity index (χ0n) is 15.6. The Morgan fingerprint density at radius 1 is 0.593 bits per heavy atom. The molecule has 4 aromatic rings. The van der Waals surface area contributed by atoms with Gasteiger partial charge in [0.25, 0.3) is 0 Å². The van der Waals surface area contributed by atoms with Gasteiger partial charge in [0.1, 0.15) is 18.1 Å². The number of methoxy groups -OCH3 is 2. The molecule has 0 bridgehead atoms. The van der Waals surface area contributed by atoms with Crippen molar-refractivity contribution in [1.29, 1.82) is 0 Å². The molecule has 0 fully saturated rings. The summed E-state index contributed by atoms with van der Waals surface area (Å²) in [5.41, 5.74) is 2.11. The van der Waals surface area contributed by atoms with Gasteiger partial charge >= 0.3 is 0 Å². The summed E-state index contributed by atoms with van der Waals surface area (Å²) in [7, 11) is 3.39. The van der Waals surface area contributed by atoms with Crippen LogP contribution in [0.1, 0.15) is 0 Å². The third kappa shape index (κ3) is 3.22. The summed E-state index contributed by atoms with van der Waals surface area (Å²) < 4.78 is 17.0. The minimum atomic E-state index is 0.495. The molecule has 0 aromatic heterocycles. The molecular weight excluding hydrogens is 336 g/mol. The molecule has 0 aliphatic carbocycles. The monoisotopic (exact) mass is 358 g/mol. The van der Waals surface area contributed by atoms with E-state index in [1.54, 1.807) is 14.2 Å². The zero-order valence-corrected chi connectivity index (χ0v) is 15.6. The second kappa shape index (κ2) is 7.68. The van der Waals surface area contributed by atoms with Crippen LogP contribution in [0, 0.1) is 0 Å². The van der Waals surface area contributed by atoms with Gasteiger partial charge in [0.05, 0.1) is 13.7 Å². The Morgan fingerprint density at radius 3 is 1.74 bits per heavy atom. The van der Waals surface area contributed by atoms with Crippen molar-refractivity contribution in [2.24, 2.45) is 0 Å². The van der Waals surface area contributed by atoms with E-state index in [0.717, 1.165) is 33.4 Å². The van der Waals surface area contributed by atoms with E-state index >= 15 is 0 Å². The van der Waals surface area contributed by atoms with E-state index in [0.29, 0.717) is 13.2 Å². The Hall–Kier alpha value is -3.04. The molecule has 4 aromatic carbocycles. The summed E-state index contributed by atoms with van der Waals surface area (Å²) in [6.07, 6.45) is 0. The van der Waals surface area contributed by atoms with Gasteiger partial charge < -0.3 is 14.2 Å². The van der Waals surface area contributed by atoms with Gasteiger partial charge in [-0.15, -0.1) is 0 Å². The van der Waals surface area contributed by atoms with Crippen molar-refractivity contribution in [3.8, 4) is 22.6 Å². The van der Waals surface area contributed by atoms with E-state index in [1.807, 2.05) is 12.1 Å². The van der Waals surface area contributed by atoms with Crippen LogP contribution in [0.5, 0.6) is 11.5 Å². The van der Waals surface area contributed by atoms with Crippen LogP contribution in [0.15, 0.2) is 72.8 Å². The van der Waals surface area contributed by atoms with Gasteiger partial charge in [0, 0.05) is 18.2 Å². The smallest absolute Gasteiger partial charge is 0.128 e. The Labute approximate surface area is 159 Å². The summed E-state index contributed by atoms with van der Waals surface area (Å²) in [5.74, 6) is 1.67. The Bertz CT molecular complexity index is 1090. The van der Waals surface area contributed by atoms with Crippen molar-refractivity contribution in [2.75, 3.05) is 27.4 Å². The molecule has 0 amide bonds. The second-order valence-corrected chi connectivity index (χ2v) is 6.37. The lowest BCUT2D eigenvalue weighted by Gasteiger charge is -2.18. The van der Waals surface area contributed by atoms with Crippen molar-refractivity contribution in [2.45, 2.75) is 0 Å². The number of fused-ring (bicyclic) bond motifs is 2. The summed E-state index contributed by atoms with van der Waals surface area (Å²) in [4.78, 5) is 0. The number of rotatable bonds is 6. The molecule has 27 heavy (non-hydrogen) atoms. The molecule has 0 aliphatic rings. The van der Waals surface area contributed by atoms with Gasteiger partial charge in [-0.1, -0.05) is 60.7 Å². The zero-order chi connectivity index (χ0) is 18.6. The van der Waals surface area contributed by atoms with Crippen molar-refractivity contribution >= 4 is 21.5 Å². The van der Waals surface area contributed by atoms with Crippen LogP contribution >= 0.6 is 0 Å². The Balaban J connectivity index is 2.05. The minimum absolute atomic E-state index is 0.495. The molecule has 0 radical (unpaired) electrons. The van der Waals surface area contributed by atoms with E-state index in [4.69, 9.17) is 14.2 Å². The van der Waals surface area contributed by atoms with Gasteiger partial charge in [-0.25, -0.2) is 0 Å². The fraction of sp³-hybridized carbons (Fsp3) is 0.167. The lowest BCUT2D eigenvalue weighted by atomic mass is 9.92. The number of ether oxygens (including phenoxy) is 3. The Kier molecular flexibility index (Phi) is 4.95. The first-order valence-electron chi connectivity index (χ1n) is 9.03. The van der Waals surface area contributed by atoms with Crippen LogP contribution in [-0.2, 0) is 4.74 Å². The average molecular weight is 358 g/mol. The largest absolute Gasteiger partial charge is 0.496 e. The van der Waals surface area contributed by atoms with Crippen LogP contribution in [0.4, 0.5) is 0 Å². The predicted octanol–water partition coefficient (Wildman–Crippen LogP) is 5.69. The highest BCUT2D eigenvalue weighted by Gasteiger charge is 2.18. The molecule has 0 unspecified atom stereocenters. The third-order valence-corrected chi connectivity index (χ3v) is 4.80. The quantitative estimate of drug-likeness (QED) is 0.414. The van der Waals surface area contributed by atoms with Crippen LogP contribution in [0.25, 0.3) is 32.7 Å². The summed E-state index contributed by atoms with van der Waals surface area (Å²) in [5, 5.41) is 4.62. The highest BCUT2D eigenvalue weighted by atomic mass is 16.5. The molecule has 0 spiro atoms. The van der Waals surface area contributed by atoms with Crippen LogP contribution < -0.4 is 9.47 Å². The van der Waals surface area contributed by atoms with Gasteiger partial charge in [-0.05, 0) is 33.7 Å². The maximum Gasteiger partial charge on any atom is 0.128 e. The SMILES string of the molecule is COCCOc1ccc2ccccc2c1-c1c(OC)ccc2ccccc12. The van der Waals surface area contributed by atoms with E-state index in [9.17, 15) is 0 Å². The summed E-state index contributed by atoms with van der Waals surface area (Å²) in [6.45, 7) is 1.04. The first-order chi connectivity index (χ1) is 13.3. The molecule has 0 atom stereocenters. The fourth-order valence-electron chi connectivity index (χ4n) is 3.54. The molecule has 0 heterocycles. The normalized spacial score (nSPS) is 11.0. The van der Waals surface area contributed by atoms with E-state index < -0.39 is 0 Å². The van der Waals surface area contributed by atoms with E-state index in [2.05, 4.69) is 60.7 Å². The molecule has 0 N–H and O–H groups in total. The summed E-state index contributed by atoms with van der Waals surface area (Å²) in [6, 6.07) is 25.0. The highest BCUT2D eigenvalue weighted by molar-refractivity contribution is 6.09. The molecular formula is C24H22O3. The first-order valence-corrected chi connectivity index (χ1v) is 9.03. The molecule has 136 valence electrons. The van der Waals surface area contributed by atoms with Crippen molar-refractivity contribution in [3.05, 3.63) is 72.8 Å². The maximum atomic E-state index is 6.11. The fourth-order valence-corrected chi connectivity index (χ4v) is 3.54. The van der Waals surface area contributed by atoms with E-state index in [-0.39, 0.29) is 0 Å². The number of benzene rings is 4. The van der Waals surface area contributed by atoms with Gasteiger partial charge in [-0.2, -0.15) is 0 Å². The van der Waals surface area contributed by atoms with Gasteiger partial charge in [-0.3, -0.25) is 0 Å². The molecule has 4 rings (SSSR count). The number of hydrogen-bond acceptors (Lipinski definition) is 3. The molecule has 0 saturated heterocycles. The van der Waals surface area contributed by atoms with E-state index in [1.165, 1.54) is 10.8 Å². The lowest BCUT2D eigenvalue weighted by Crippen LogP contribution is -2.05. The molecule has 3 nitrogen and oxygen atoms in total. The van der Waals surface area contributed by atoms with Gasteiger partial charge in [0.15, 0.2) is 0 Å². The third-order valence-electron chi connectivity index (χ3n) is 4.80. The summed E-state index contributed by atoms with van der Waals surface area (Å²) >= 11 is 0. The second-order valence-electron chi connectivity index (χ2n) is 6.37. The predicted molar refractivity (Wildman–Crippen MR) is 111 cm³/mol. The number of hydrogen-bond donors (Lipinski definition) is 0. The lowest BCUT2D eigenvalue weighted by molar-refractivity contribution is 0.146. The minimum Gasteiger partial charge on any atom is -0.496 e. The first kappa shape index (κ1) is 17.4. The molecule has 3 heteroatoms. The molecule has 0 saturated carbocycles. The van der Waals surface area contributed by atoms with Crippen molar-refractivity contribution in [3.63, 3.8) is 0 Å². The standard InChI is InChI=1S/C24H22O3/c1-25-15-16-27-22-14-12-18-8-4-6-10-20(18)24(22)23-19-9-5-3-7-17(19)11-13-21(23)26-2/h3-14H,15-16H2,1-2H3. The molecule has 0 aliphatic heterocycles. The van der Waals surface area contributed by atoms with Crippen molar-refractivity contribution in [1.82, 2.24) is 0 Å². The van der Waals surface area contributed by atoms with Crippen molar-refractivity contribution < 1.29 is 14.2 Å². The van der Waals surface area contributed by atoms with Crippen LogP contribution in [-0.4, -0.2) is 27.4 Å².